The molecular weight excluding hydrogens is 338 g/mol. The van der Waals surface area contributed by atoms with E-state index in [1.54, 1.807) is 7.11 Å². The van der Waals surface area contributed by atoms with E-state index >= 15 is 0 Å². The summed E-state index contributed by atoms with van der Waals surface area (Å²) in [6, 6.07) is 12.7. The van der Waals surface area contributed by atoms with Gasteiger partial charge in [0.25, 0.3) is 0 Å². The van der Waals surface area contributed by atoms with Crippen LogP contribution in [0.2, 0.25) is 0 Å². The van der Waals surface area contributed by atoms with Crippen LogP contribution in [0, 0.1) is 13.8 Å². The maximum Gasteiger partial charge on any atom is 0.124 e. The minimum atomic E-state index is -0.408. The van der Waals surface area contributed by atoms with Crippen molar-refractivity contribution in [2.75, 3.05) is 20.3 Å². The number of ether oxygens (including phenoxy) is 2. The minimum Gasteiger partial charge on any atom is -0.496 e. The van der Waals surface area contributed by atoms with E-state index in [0.29, 0.717) is 12.5 Å². The Morgan fingerprint density at radius 2 is 1.81 bits per heavy atom. The van der Waals surface area contributed by atoms with Crippen molar-refractivity contribution in [3.05, 3.63) is 58.7 Å². The molecule has 1 saturated carbocycles. The molecule has 27 heavy (non-hydrogen) atoms. The second-order valence-electron chi connectivity index (χ2n) is 7.89. The van der Waals surface area contributed by atoms with Gasteiger partial charge < -0.3 is 20.3 Å². The molecule has 1 aliphatic rings. The summed E-state index contributed by atoms with van der Waals surface area (Å²) in [5.74, 6) is 2.28. The first kappa shape index (κ1) is 19.7. The van der Waals surface area contributed by atoms with Crippen LogP contribution >= 0.6 is 0 Å². The standard InChI is InChI=1S/C23H31NO3/c1-16-12-18(13-17(2)22(16)26-3)9-11-27-21-6-4-19(5-7-21)20-8-10-23(24,14-20)15-25/h4-7,12-13,20,25H,8-11,14-15,24H2,1-3H3/t20-,23-/m1/s1. The maximum atomic E-state index is 9.44. The van der Waals surface area contributed by atoms with E-state index in [0.717, 1.165) is 48.3 Å². The van der Waals surface area contributed by atoms with E-state index in [2.05, 4.69) is 38.1 Å². The highest BCUT2D eigenvalue weighted by atomic mass is 16.5. The lowest BCUT2D eigenvalue weighted by Crippen LogP contribution is -2.40. The number of rotatable bonds is 7. The molecule has 2 aromatic rings. The van der Waals surface area contributed by atoms with Crippen LogP contribution in [0.15, 0.2) is 36.4 Å². The van der Waals surface area contributed by atoms with Crippen molar-refractivity contribution in [2.45, 2.75) is 51.0 Å². The van der Waals surface area contributed by atoms with Crippen molar-refractivity contribution in [1.82, 2.24) is 0 Å². The fourth-order valence-electron chi connectivity index (χ4n) is 4.21. The predicted octanol–water partition coefficient (Wildman–Crippen LogP) is 3.89. The van der Waals surface area contributed by atoms with Crippen molar-refractivity contribution in [1.29, 1.82) is 0 Å². The molecule has 0 radical (unpaired) electrons. The number of aryl methyl sites for hydroxylation is 2. The number of benzene rings is 2. The molecule has 0 unspecified atom stereocenters. The number of nitrogens with two attached hydrogens (primary N) is 1. The van der Waals surface area contributed by atoms with Crippen LogP contribution in [-0.4, -0.2) is 31.0 Å². The molecule has 0 bridgehead atoms. The van der Waals surface area contributed by atoms with Gasteiger partial charge in [0.1, 0.15) is 11.5 Å². The molecular formula is C23H31NO3. The minimum absolute atomic E-state index is 0.0645. The molecule has 0 amide bonds. The molecule has 3 rings (SSSR count). The molecule has 4 heteroatoms. The lowest BCUT2D eigenvalue weighted by atomic mass is 9.94. The number of hydrogen-bond acceptors (Lipinski definition) is 4. The summed E-state index contributed by atoms with van der Waals surface area (Å²) in [5, 5.41) is 9.44. The van der Waals surface area contributed by atoms with E-state index in [1.807, 2.05) is 12.1 Å². The first-order valence-corrected chi connectivity index (χ1v) is 9.71. The predicted molar refractivity (Wildman–Crippen MR) is 109 cm³/mol. The van der Waals surface area contributed by atoms with Crippen LogP contribution in [0.25, 0.3) is 0 Å². The zero-order chi connectivity index (χ0) is 19.4. The average molecular weight is 370 g/mol. The molecule has 0 heterocycles. The van der Waals surface area contributed by atoms with Gasteiger partial charge in [-0.1, -0.05) is 24.3 Å². The van der Waals surface area contributed by atoms with E-state index < -0.39 is 5.54 Å². The third-order valence-electron chi connectivity index (χ3n) is 5.69. The third-order valence-corrected chi connectivity index (χ3v) is 5.69. The Bertz CT molecular complexity index is 749. The SMILES string of the molecule is COc1c(C)cc(CCOc2ccc([C@@H]3CC[C@](N)(CO)C3)cc2)cc1C. The largest absolute Gasteiger partial charge is 0.496 e. The van der Waals surface area contributed by atoms with Gasteiger partial charge in [-0.25, -0.2) is 0 Å². The van der Waals surface area contributed by atoms with E-state index in [-0.39, 0.29) is 6.61 Å². The quantitative estimate of drug-likeness (QED) is 0.777. The fraction of sp³-hybridized carbons (Fsp3) is 0.478. The highest BCUT2D eigenvalue weighted by molar-refractivity contribution is 5.43. The van der Waals surface area contributed by atoms with Crippen LogP contribution in [-0.2, 0) is 6.42 Å². The Morgan fingerprint density at radius 1 is 1.15 bits per heavy atom. The van der Waals surface area contributed by atoms with E-state index in [1.165, 1.54) is 11.1 Å². The summed E-state index contributed by atoms with van der Waals surface area (Å²) >= 11 is 0. The van der Waals surface area contributed by atoms with Gasteiger partial charge in [0, 0.05) is 12.0 Å². The number of aliphatic hydroxyl groups is 1. The maximum absolute atomic E-state index is 9.44. The monoisotopic (exact) mass is 369 g/mol. The van der Waals surface area contributed by atoms with Crippen LogP contribution in [0.5, 0.6) is 11.5 Å². The van der Waals surface area contributed by atoms with Crippen LogP contribution in [0.1, 0.15) is 47.4 Å². The Balaban J connectivity index is 1.54. The summed E-state index contributed by atoms with van der Waals surface area (Å²) in [5.41, 5.74) is 10.6. The molecule has 0 saturated heterocycles. The lowest BCUT2D eigenvalue weighted by molar-refractivity contribution is 0.198. The van der Waals surface area contributed by atoms with Crippen molar-refractivity contribution < 1.29 is 14.6 Å². The van der Waals surface area contributed by atoms with Gasteiger partial charge >= 0.3 is 0 Å². The smallest absolute Gasteiger partial charge is 0.124 e. The molecule has 0 aromatic heterocycles. The topological polar surface area (TPSA) is 64.7 Å². The normalized spacial score (nSPS) is 22.0. The molecule has 146 valence electrons. The summed E-state index contributed by atoms with van der Waals surface area (Å²) in [6.07, 6.45) is 3.63. The zero-order valence-corrected chi connectivity index (χ0v) is 16.6. The number of aliphatic hydroxyl groups excluding tert-OH is 1. The van der Waals surface area contributed by atoms with Gasteiger partial charge in [-0.05, 0) is 73.4 Å². The Labute approximate surface area is 162 Å². The summed E-state index contributed by atoms with van der Waals surface area (Å²) in [6.45, 7) is 4.86. The van der Waals surface area contributed by atoms with Crippen LogP contribution < -0.4 is 15.2 Å². The van der Waals surface area contributed by atoms with E-state index in [9.17, 15) is 5.11 Å². The van der Waals surface area contributed by atoms with Gasteiger partial charge in [0.2, 0.25) is 0 Å². The van der Waals surface area contributed by atoms with E-state index in [4.69, 9.17) is 15.2 Å². The zero-order valence-electron chi connectivity index (χ0n) is 16.6. The Kier molecular flexibility index (Phi) is 6.08. The lowest BCUT2D eigenvalue weighted by Gasteiger charge is -2.21. The summed E-state index contributed by atoms with van der Waals surface area (Å²) in [7, 11) is 1.71. The average Bonchev–Trinajstić information content (AvgIpc) is 3.05. The molecule has 0 aliphatic heterocycles. The Morgan fingerprint density at radius 3 is 2.37 bits per heavy atom. The van der Waals surface area contributed by atoms with Crippen molar-refractivity contribution in [3.8, 4) is 11.5 Å². The van der Waals surface area contributed by atoms with Crippen LogP contribution in [0.3, 0.4) is 0 Å². The van der Waals surface area contributed by atoms with Crippen molar-refractivity contribution >= 4 is 0 Å². The summed E-state index contributed by atoms with van der Waals surface area (Å²) < 4.78 is 11.4. The fourth-order valence-corrected chi connectivity index (χ4v) is 4.21. The molecule has 3 N–H and O–H groups in total. The number of hydrogen-bond donors (Lipinski definition) is 2. The molecule has 2 aromatic carbocycles. The number of methoxy groups -OCH3 is 1. The first-order chi connectivity index (χ1) is 12.9. The first-order valence-electron chi connectivity index (χ1n) is 9.71. The molecule has 4 nitrogen and oxygen atoms in total. The second kappa shape index (κ2) is 8.32. The van der Waals surface area contributed by atoms with Gasteiger partial charge in [0.05, 0.1) is 20.3 Å². The highest BCUT2D eigenvalue weighted by Crippen LogP contribution is 2.39. The van der Waals surface area contributed by atoms with Gasteiger partial charge in [-0.3, -0.25) is 0 Å². The van der Waals surface area contributed by atoms with Crippen molar-refractivity contribution in [2.24, 2.45) is 5.73 Å². The summed E-state index contributed by atoms with van der Waals surface area (Å²) in [4.78, 5) is 0. The van der Waals surface area contributed by atoms with Crippen LogP contribution in [0.4, 0.5) is 0 Å². The third kappa shape index (κ3) is 4.63. The van der Waals surface area contributed by atoms with Gasteiger partial charge in [-0.15, -0.1) is 0 Å². The Hall–Kier alpha value is -2.04. The molecule has 1 aliphatic carbocycles. The molecule has 2 atom stereocenters. The molecule has 1 fully saturated rings. The molecule has 0 spiro atoms. The van der Waals surface area contributed by atoms with Gasteiger partial charge in [0.15, 0.2) is 0 Å². The second-order valence-corrected chi connectivity index (χ2v) is 7.89. The van der Waals surface area contributed by atoms with Gasteiger partial charge in [-0.2, -0.15) is 0 Å². The van der Waals surface area contributed by atoms with Crippen molar-refractivity contribution in [3.63, 3.8) is 0 Å². The highest BCUT2D eigenvalue weighted by Gasteiger charge is 2.35.